The molecular weight excluding hydrogens is 142 g/mol. The van der Waals surface area contributed by atoms with Crippen LogP contribution >= 0.6 is 17.0 Å². The molecule has 0 N–H and O–H groups in total. The zero-order valence-electron chi connectivity index (χ0n) is 6.53. The summed E-state index contributed by atoms with van der Waals surface area (Å²) < 4.78 is 0. The van der Waals surface area contributed by atoms with Crippen LogP contribution in [0.2, 0.25) is 0 Å². The Hall–Kier alpha value is 1.67. The molecule has 0 amide bonds. The Balaban J connectivity index is -0.00000000750. The third-order valence-electron chi connectivity index (χ3n) is 0.354. The van der Waals surface area contributed by atoms with Gasteiger partial charge in [0.15, 0.2) is 0 Å². The van der Waals surface area contributed by atoms with Crippen LogP contribution in [-0.4, -0.2) is 0 Å². The van der Waals surface area contributed by atoms with Crippen molar-refractivity contribution in [2.45, 2.75) is 19.8 Å². The van der Waals surface area contributed by atoms with Gasteiger partial charge < -0.3 is 8.35 Å². The number of unbranched alkanes of at least 4 members (excludes halogenated alkanes) is 1. The molecule has 0 aromatic carbocycles. The summed E-state index contributed by atoms with van der Waals surface area (Å²) in [5.41, 5.74) is 0. The minimum absolute atomic E-state index is 0. The first-order valence-corrected chi connectivity index (χ1v) is 1.71. The topological polar surface area (TPSA) is 0 Å². The average Bonchev–Trinajstić information content (AvgIpc) is 1.37. The molecule has 0 aromatic heterocycles. The molecule has 0 aliphatic carbocycles. The fourth-order valence-electron chi connectivity index (χ4n) is 0. The van der Waals surface area contributed by atoms with E-state index in [1.807, 2.05) is 0 Å². The van der Waals surface area contributed by atoms with Crippen molar-refractivity contribution >= 4 is 17.0 Å². The maximum Gasteiger partial charge on any atom is 1.00 e. The van der Waals surface area contributed by atoms with E-state index in [1.165, 1.54) is 6.42 Å². The smallest absolute Gasteiger partial charge is 1.00 e. The molecule has 7 heavy (non-hydrogen) atoms. The summed E-state index contributed by atoms with van der Waals surface area (Å²) in [5.74, 6) is 0. The summed E-state index contributed by atoms with van der Waals surface area (Å²) in [7, 11) is 0. The second-order valence-electron chi connectivity index (χ2n) is 0.854. The van der Waals surface area contributed by atoms with Crippen LogP contribution in [0.4, 0.5) is 0 Å². The van der Waals surface area contributed by atoms with Gasteiger partial charge in [-0.3, -0.25) is 0 Å². The second kappa shape index (κ2) is 25.3. The van der Waals surface area contributed by atoms with Crippen LogP contribution in [0.1, 0.15) is 21.2 Å². The van der Waals surface area contributed by atoms with Crippen molar-refractivity contribution in [2.24, 2.45) is 0 Å². The van der Waals surface area contributed by atoms with Gasteiger partial charge in [-0.1, -0.05) is 13.3 Å². The van der Waals surface area contributed by atoms with Crippen LogP contribution < -0.4 is 37.7 Å². The summed E-state index contributed by atoms with van der Waals surface area (Å²) in [4.78, 5) is 0. The predicted molar refractivity (Wildman–Crippen MR) is 31.7 cm³/mol. The monoisotopic (exact) mass is 152 g/mol. The molecule has 0 rings (SSSR count). The van der Waals surface area contributed by atoms with Crippen molar-refractivity contribution in [2.75, 3.05) is 0 Å². The SMILES string of the molecule is Br.[CH2-]CCC.[H-].[Li+].[Li+]. The standard InChI is InChI=1S/C4H9.BrH.2Li.H/c1-3-4-2;;;;/h1,3-4H2,2H3;1H;;;/q-1;;2*+1;-1. The number of rotatable bonds is 1. The number of hydrogen-bond acceptors (Lipinski definition) is 0. The first kappa shape index (κ1) is 23.4. The second-order valence-corrected chi connectivity index (χ2v) is 0.854. The normalized spacial score (nSPS) is 4.29. The number of hydrogen-bond donors (Lipinski definition) is 0. The summed E-state index contributed by atoms with van der Waals surface area (Å²) in [5, 5.41) is 0. The molecule has 0 spiro atoms. The van der Waals surface area contributed by atoms with E-state index in [0.29, 0.717) is 0 Å². The van der Waals surface area contributed by atoms with E-state index in [4.69, 9.17) is 0 Å². The Morgan fingerprint density at radius 2 is 1.57 bits per heavy atom. The van der Waals surface area contributed by atoms with Crippen LogP contribution in [0.5, 0.6) is 0 Å². The Kier molecular flexibility index (Phi) is 84.6. The van der Waals surface area contributed by atoms with Gasteiger partial charge in [0.2, 0.25) is 0 Å². The third-order valence-corrected chi connectivity index (χ3v) is 0.354. The summed E-state index contributed by atoms with van der Waals surface area (Å²) >= 11 is 0. The molecule has 0 atom stereocenters. The Morgan fingerprint density at radius 3 is 1.57 bits per heavy atom. The van der Waals surface area contributed by atoms with Crippen molar-refractivity contribution < 1.29 is 39.1 Å². The molecule has 0 aliphatic rings. The molecule has 0 saturated carbocycles. The van der Waals surface area contributed by atoms with Crippen LogP contribution in [0.15, 0.2) is 0 Å². The van der Waals surface area contributed by atoms with Gasteiger partial charge in [0, 0.05) is 0 Å². The Labute approximate surface area is 82.4 Å². The van der Waals surface area contributed by atoms with E-state index >= 15 is 0 Å². The quantitative estimate of drug-likeness (QED) is 0.269. The molecule has 3 heteroatoms. The van der Waals surface area contributed by atoms with Gasteiger partial charge >= 0.3 is 37.7 Å². The van der Waals surface area contributed by atoms with Crippen molar-refractivity contribution in [3.05, 3.63) is 6.92 Å². The first-order valence-electron chi connectivity index (χ1n) is 1.71. The maximum absolute atomic E-state index is 3.60. The minimum atomic E-state index is 0. The van der Waals surface area contributed by atoms with Crippen LogP contribution in [0.25, 0.3) is 0 Å². The number of halogens is 1. The molecule has 0 aromatic rings. The molecule has 0 bridgehead atoms. The molecular formula is C4H11BrLi2. The van der Waals surface area contributed by atoms with Crippen molar-refractivity contribution in [3.63, 3.8) is 0 Å². The largest absolute Gasteiger partial charge is 1.00 e. The van der Waals surface area contributed by atoms with E-state index in [-0.39, 0.29) is 56.1 Å². The third kappa shape index (κ3) is 34.5. The molecule has 0 aliphatic heterocycles. The Morgan fingerprint density at radius 1 is 1.43 bits per heavy atom. The van der Waals surface area contributed by atoms with Gasteiger partial charge in [0.25, 0.3) is 0 Å². The molecule has 0 radical (unpaired) electrons. The molecule has 0 nitrogen and oxygen atoms in total. The maximum atomic E-state index is 3.60. The molecule has 0 unspecified atom stereocenters. The molecule has 0 fully saturated rings. The first-order chi connectivity index (χ1) is 1.91. The van der Waals surface area contributed by atoms with E-state index in [0.717, 1.165) is 6.42 Å². The van der Waals surface area contributed by atoms with Gasteiger partial charge in [-0.05, 0) is 0 Å². The van der Waals surface area contributed by atoms with Crippen LogP contribution in [0, 0.1) is 6.92 Å². The van der Waals surface area contributed by atoms with Crippen molar-refractivity contribution in [1.29, 1.82) is 0 Å². The van der Waals surface area contributed by atoms with Gasteiger partial charge in [-0.2, -0.15) is 6.42 Å². The van der Waals surface area contributed by atoms with E-state index in [2.05, 4.69) is 13.8 Å². The summed E-state index contributed by atoms with van der Waals surface area (Å²) in [6.07, 6.45) is 2.28. The average molecular weight is 153 g/mol. The van der Waals surface area contributed by atoms with Crippen molar-refractivity contribution in [1.82, 2.24) is 0 Å². The van der Waals surface area contributed by atoms with Crippen LogP contribution in [-0.2, 0) is 0 Å². The van der Waals surface area contributed by atoms with Gasteiger partial charge in [-0.25, -0.2) is 0 Å². The minimum Gasteiger partial charge on any atom is -1.00 e. The summed E-state index contributed by atoms with van der Waals surface area (Å²) in [6, 6.07) is 0. The van der Waals surface area contributed by atoms with Gasteiger partial charge in [0.1, 0.15) is 0 Å². The molecule has 0 heterocycles. The fourth-order valence-corrected chi connectivity index (χ4v) is 0. The van der Waals surface area contributed by atoms with E-state index in [9.17, 15) is 0 Å². The predicted octanol–water partition coefficient (Wildman–Crippen LogP) is -3.68. The van der Waals surface area contributed by atoms with Crippen molar-refractivity contribution in [3.8, 4) is 0 Å². The molecule has 36 valence electrons. The van der Waals surface area contributed by atoms with E-state index in [1.54, 1.807) is 0 Å². The zero-order chi connectivity index (χ0) is 3.41. The van der Waals surface area contributed by atoms with Crippen LogP contribution in [0.3, 0.4) is 0 Å². The molecule has 0 saturated heterocycles. The van der Waals surface area contributed by atoms with Gasteiger partial charge in [-0.15, -0.1) is 17.0 Å². The van der Waals surface area contributed by atoms with E-state index < -0.39 is 0 Å². The zero-order valence-corrected chi connectivity index (χ0v) is 7.24. The fraction of sp³-hybridized carbons (Fsp3) is 0.750. The van der Waals surface area contributed by atoms with Gasteiger partial charge in [0.05, 0.1) is 0 Å². The summed E-state index contributed by atoms with van der Waals surface area (Å²) in [6.45, 7) is 5.72. The Bertz CT molecular complexity index is 16.0.